The number of thioether (sulfide) groups is 1. The van der Waals surface area contributed by atoms with Gasteiger partial charge in [-0.1, -0.05) is 25.1 Å². The van der Waals surface area contributed by atoms with Crippen molar-refractivity contribution >= 4 is 40.6 Å². The second-order valence-electron chi connectivity index (χ2n) is 6.11. The van der Waals surface area contributed by atoms with E-state index in [9.17, 15) is 9.59 Å². The van der Waals surface area contributed by atoms with Crippen LogP contribution in [-0.4, -0.2) is 35.4 Å². The molecule has 29 heavy (non-hydrogen) atoms. The number of aliphatic carboxylic acids is 1. The maximum atomic E-state index is 12.2. The van der Waals surface area contributed by atoms with Crippen molar-refractivity contribution in [2.45, 2.75) is 19.4 Å². The quantitative estimate of drug-likeness (QED) is 0.671. The van der Waals surface area contributed by atoms with Crippen LogP contribution in [0.25, 0.3) is 6.08 Å². The molecule has 2 aromatic carbocycles. The highest BCUT2D eigenvalue weighted by Crippen LogP contribution is 2.29. The molecule has 2 aromatic rings. The van der Waals surface area contributed by atoms with Crippen LogP contribution in [0.4, 0.5) is 5.69 Å². The van der Waals surface area contributed by atoms with Crippen molar-refractivity contribution in [2.24, 2.45) is 4.99 Å². The third kappa shape index (κ3) is 5.39. The Bertz CT molecular complexity index is 969. The number of aliphatic imine (C=N–C) groups is 1. The van der Waals surface area contributed by atoms with Gasteiger partial charge in [0, 0.05) is 6.07 Å². The van der Waals surface area contributed by atoms with Gasteiger partial charge in [-0.3, -0.25) is 4.79 Å². The molecule has 0 saturated carbocycles. The Morgan fingerprint density at radius 3 is 2.66 bits per heavy atom. The Morgan fingerprint density at radius 1 is 1.24 bits per heavy atom. The first-order valence-electron chi connectivity index (χ1n) is 8.91. The lowest BCUT2D eigenvalue weighted by atomic mass is 10.2. The highest BCUT2D eigenvalue weighted by atomic mass is 32.2. The number of amides is 1. The van der Waals surface area contributed by atoms with E-state index in [1.165, 1.54) is 11.8 Å². The molecule has 0 aromatic heterocycles. The number of nitrogens with one attached hydrogen (secondary N) is 1. The molecule has 1 saturated heterocycles. The molecule has 1 unspecified atom stereocenters. The van der Waals surface area contributed by atoms with Gasteiger partial charge in [-0.25, -0.2) is 9.79 Å². The molecule has 1 heterocycles. The molecule has 3 rings (SSSR count). The van der Waals surface area contributed by atoms with Crippen LogP contribution in [0, 0.1) is 0 Å². The number of rotatable bonds is 7. The summed E-state index contributed by atoms with van der Waals surface area (Å²) in [7, 11) is 1.58. The van der Waals surface area contributed by atoms with Crippen LogP contribution in [-0.2, 0) is 9.59 Å². The molecule has 1 aliphatic heterocycles. The number of carboxylic acid groups (broad SMARTS) is 1. The molecule has 7 nitrogen and oxygen atoms in total. The third-order valence-corrected chi connectivity index (χ3v) is 4.95. The van der Waals surface area contributed by atoms with E-state index in [-0.39, 0.29) is 5.91 Å². The summed E-state index contributed by atoms with van der Waals surface area (Å²) in [4.78, 5) is 28.2. The van der Waals surface area contributed by atoms with Crippen molar-refractivity contribution in [3.8, 4) is 11.5 Å². The molecule has 1 aliphatic rings. The second-order valence-corrected chi connectivity index (χ2v) is 7.14. The molecule has 1 amide bonds. The number of hydrogen-bond donors (Lipinski definition) is 2. The van der Waals surface area contributed by atoms with Gasteiger partial charge < -0.3 is 19.9 Å². The molecule has 1 atom stereocenters. The van der Waals surface area contributed by atoms with Crippen LogP contribution >= 0.6 is 11.8 Å². The number of hydrogen-bond acceptors (Lipinski definition) is 6. The van der Waals surface area contributed by atoms with Gasteiger partial charge in [-0.15, -0.1) is 0 Å². The lowest BCUT2D eigenvalue weighted by Gasteiger charge is -2.13. The van der Waals surface area contributed by atoms with Crippen LogP contribution in [0.2, 0.25) is 0 Å². The van der Waals surface area contributed by atoms with E-state index >= 15 is 0 Å². The van der Waals surface area contributed by atoms with Crippen LogP contribution in [0.1, 0.15) is 18.9 Å². The lowest BCUT2D eigenvalue weighted by molar-refractivity contribution is -0.145. The smallest absolute Gasteiger partial charge is 0.344 e. The number of methoxy groups -OCH3 is 1. The highest BCUT2D eigenvalue weighted by molar-refractivity contribution is 8.18. The molecule has 0 aliphatic carbocycles. The Labute approximate surface area is 172 Å². The summed E-state index contributed by atoms with van der Waals surface area (Å²) in [6.45, 7) is 1.75. The first-order valence-corrected chi connectivity index (χ1v) is 9.73. The molecular weight excluding hydrogens is 392 g/mol. The highest BCUT2D eigenvalue weighted by Gasteiger charge is 2.24. The van der Waals surface area contributed by atoms with Crippen molar-refractivity contribution in [3.63, 3.8) is 0 Å². The van der Waals surface area contributed by atoms with Crippen molar-refractivity contribution in [1.29, 1.82) is 0 Å². The number of benzene rings is 2. The predicted octanol–water partition coefficient (Wildman–Crippen LogP) is 3.83. The van der Waals surface area contributed by atoms with Crippen LogP contribution < -0.4 is 14.8 Å². The summed E-state index contributed by atoms with van der Waals surface area (Å²) in [6.07, 6.45) is 1.23. The standard InChI is InChI=1S/C21H20N2O5S/c1-3-17(20(25)26)28-15-9-7-13(8-10-15)11-18-19(24)23-21(29-18)22-14-5-4-6-16(12-14)27-2/h4-12,17H,3H2,1-2H3,(H,25,26)(H,22,23,24)/b18-11+. The first-order chi connectivity index (χ1) is 14.0. The second kappa shape index (κ2) is 9.29. The summed E-state index contributed by atoms with van der Waals surface area (Å²) in [5, 5.41) is 12.3. The SMILES string of the molecule is CCC(Oc1ccc(/C=C2/SC(=Nc3cccc(OC)c3)NC2=O)cc1)C(=O)O. The zero-order valence-electron chi connectivity index (χ0n) is 15.9. The van der Waals surface area contributed by atoms with Gasteiger partial charge in [0.1, 0.15) is 11.5 Å². The number of carbonyl (C=O) groups excluding carboxylic acids is 1. The third-order valence-electron chi connectivity index (χ3n) is 4.04. The molecule has 0 bridgehead atoms. The summed E-state index contributed by atoms with van der Waals surface area (Å²) in [6, 6.07) is 14.1. The topological polar surface area (TPSA) is 97.2 Å². The largest absolute Gasteiger partial charge is 0.497 e. The Kier molecular flexibility index (Phi) is 6.56. The van der Waals surface area contributed by atoms with Gasteiger partial charge in [-0.05, 0) is 54.1 Å². The van der Waals surface area contributed by atoms with Crippen molar-refractivity contribution in [2.75, 3.05) is 7.11 Å². The minimum absolute atomic E-state index is 0.228. The van der Waals surface area contributed by atoms with Crippen molar-refractivity contribution in [1.82, 2.24) is 5.32 Å². The predicted molar refractivity (Wildman–Crippen MR) is 113 cm³/mol. The molecular formula is C21H20N2O5S. The van der Waals surface area contributed by atoms with Crippen molar-refractivity contribution < 1.29 is 24.2 Å². The summed E-state index contributed by atoms with van der Waals surface area (Å²) in [5.41, 5.74) is 1.47. The molecule has 0 spiro atoms. The zero-order valence-corrected chi connectivity index (χ0v) is 16.7. The van der Waals surface area contributed by atoms with Crippen molar-refractivity contribution in [3.05, 3.63) is 59.0 Å². The maximum absolute atomic E-state index is 12.2. The number of ether oxygens (including phenoxy) is 2. The van der Waals surface area contributed by atoms with E-state index < -0.39 is 12.1 Å². The average Bonchev–Trinajstić information content (AvgIpc) is 3.05. The van der Waals surface area contributed by atoms with E-state index in [2.05, 4.69) is 10.3 Å². The zero-order chi connectivity index (χ0) is 20.8. The number of carbonyl (C=O) groups is 2. The number of nitrogens with zero attached hydrogens (tertiary/aromatic N) is 1. The molecule has 0 radical (unpaired) electrons. The van der Waals surface area contributed by atoms with Gasteiger partial charge in [0.05, 0.1) is 17.7 Å². The fourth-order valence-corrected chi connectivity index (χ4v) is 3.39. The summed E-state index contributed by atoms with van der Waals surface area (Å²) in [5.74, 6) is -0.0767. The molecule has 1 fully saturated rings. The monoisotopic (exact) mass is 412 g/mol. The Balaban J connectivity index is 1.71. The summed E-state index contributed by atoms with van der Waals surface area (Å²) < 4.78 is 10.6. The molecule has 8 heteroatoms. The molecule has 2 N–H and O–H groups in total. The van der Waals surface area contributed by atoms with Crippen LogP contribution in [0.3, 0.4) is 0 Å². The van der Waals surface area contributed by atoms with E-state index in [0.717, 1.165) is 5.56 Å². The van der Waals surface area contributed by atoms with Crippen LogP contribution in [0.5, 0.6) is 11.5 Å². The van der Waals surface area contributed by atoms with Gasteiger partial charge in [-0.2, -0.15) is 0 Å². The fourth-order valence-electron chi connectivity index (χ4n) is 2.54. The van der Waals surface area contributed by atoms with Gasteiger partial charge in [0.15, 0.2) is 11.3 Å². The Morgan fingerprint density at radius 2 is 2.00 bits per heavy atom. The number of carboxylic acids is 1. The molecule has 150 valence electrons. The number of amidine groups is 1. The Hall–Kier alpha value is -3.26. The summed E-state index contributed by atoms with van der Waals surface area (Å²) >= 11 is 1.24. The normalized spacial score (nSPS) is 17.2. The minimum Gasteiger partial charge on any atom is -0.497 e. The van der Waals surface area contributed by atoms with E-state index in [4.69, 9.17) is 14.6 Å². The first kappa shape index (κ1) is 20.5. The van der Waals surface area contributed by atoms with Crippen LogP contribution in [0.15, 0.2) is 58.4 Å². The minimum atomic E-state index is -0.999. The fraction of sp³-hybridized carbons (Fsp3) is 0.190. The maximum Gasteiger partial charge on any atom is 0.344 e. The lowest BCUT2D eigenvalue weighted by Crippen LogP contribution is -2.25. The van der Waals surface area contributed by atoms with Gasteiger partial charge in [0.2, 0.25) is 0 Å². The van der Waals surface area contributed by atoms with E-state index in [1.807, 2.05) is 18.2 Å². The average molecular weight is 412 g/mol. The van der Waals surface area contributed by atoms with Gasteiger partial charge in [0.25, 0.3) is 5.91 Å². The van der Waals surface area contributed by atoms with E-state index in [1.54, 1.807) is 50.4 Å². The van der Waals surface area contributed by atoms with Gasteiger partial charge >= 0.3 is 5.97 Å². The van der Waals surface area contributed by atoms with E-state index in [0.29, 0.717) is 33.7 Å².